The van der Waals surface area contributed by atoms with Gasteiger partial charge in [0.1, 0.15) is 17.3 Å². The molecular formula is C21H21N3O5S. The predicted molar refractivity (Wildman–Crippen MR) is 111 cm³/mol. The molecule has 0 saturated heterocycles. The number of hydrogen-bond acceptors (Lipinski definition) is 7. The lowest BCUT2D eigenvalue weighted by Gasteiger charge is -2.16. The number of aryl methyl sites for hydroxylation is 2. The highest BCUT2D eigenvalue weighted by Gasteiger charge is 2.18. The number of ether oxygens (including phenoxy) is 2. The van der Waals surface area contributed by atoms with Gasteiger partial charge in [-0.2, -0.15) is 0 Å². The smallest absolute Gasteiger partial charge is 0.339 e. The van der Waals surface area contributed by atoms with Crippen LogP contribution in [-0.2, 0) is 21.4 Å². The van der Waals surface area contributed by atoms with Gasteiger partial charge in [-0.1, -0.05) is 0 Å². The van der Waals surface area contributed by atoms with Gasteiger partial charge >= 0.3 is 5.97 Å². The minimum atomic E-state index is -3.83. The lowest BCUT2D eigenvalue weighted by atomic mass is 10.1. The van der Waals surface area contributed by atoms with Gasteiger partial charge in [0.25, 0.3) is 10.0 Å². The lowest BCUT2D eigenvalue weighted by Crippen LogP contribution is -2.14. The van der Waals surface area contributed by atoms with E-state index in [2.05, 4.69) is 19.4 Å². The van der Waals surface area contributed by atoms with Gasteiger partial charge in [-0.15, -0.1) is 0 Å². The average Bonchev–Trinajstić information content (AvgIpc) is 2.75. The third-order valence-electron chi connectivity index (χ3n) is 4.41. The second kappa shape index (κ2) is 8.91. The van der Waals surface area contributed by atoms with E-state index in [1.807, 2.05) is 13.8 Å². The molecule has 3 aromatic rings. The molecule has 2 heterocycles. The Morgan fingerprint density at radius 3 is 2.50 bits per heavy atom. The Bertz CT molecular complexity index is 1150. The van der Waals surface area contributed by atoms with Crippen LogP contribution in [0.4, 0.5) is 5.69 Å². The summed E-state index contributed by atoms with van der Waals surface area (Å²) in [6.45, 7) is 3.88. The second-order valence-electron chi connectivity index (χ2n) is 6.55. The number of methoxy groups -OCH3 is 1. The van der Waals surface area contributed by atoms with Crippen molar-refractivity contribution in [2.45, 2.75) is 25.3 Å². The summed E-state index contributed by atoms with van der Waals surface area (Å²) < 4.78 is 38.4. The molecule has 0 atom stereocenters. The highest BCUT2D eigenvalue weighted by Crippen LogP contribution is 2.31. The molecule has 9 heteroatoms. The maximum absolute atomic E-state index is 12.7. The first kappa shape index (κ1) is 21.3. The van der Waals surface area contributed by atoms with Crippen molar-refractivity contribution in [1.82, 2.24) is 9.97 Å². The summed E-state index contributed by atoms with van der Waals surface area (Å²) in [7, 11) is -2.53. The van der Waals surface area contributed by atoms with Crippen molar-refractivity contribution < 1.29 is 22.7 Å². The molecule has 3 rings (SSSR count). The molecular weight excluding hydrogens is 406 g/mol. The molecule has 0 amide bonds. The van der Waals surface area contributed by atoms with Crippen LogP contribution in [0.3, 0.4) is 0 Å². The number of carbonyl (C=O) groups excluding carboxylic acids is 1. The normalized spacial score (nSPS) is 11.0. The van der Waals surface area contributed by atoms with Crippen molar-refractivity contribution in [2.24, 2.45) is 0 Å². The maximum Gasteiger partial charge on any atom is 0.339 e. The van der Waals surface area contributed by atoms with Crippen LogP contribution in [0.2, 0.25) is 0 Å². The number of aromatic nitrogens is 2. The van der Waals surface area contributed by atoms with Crippen LogP contribution in [-0.4, -0.2) is 31.5 Å². The van der Waals surface area contributed by atoms with Gasteiger partial charge in [0, 0.05) is 18.6 Å². The van der Waals surface area contributed by atoms with Crippen LogP contribution in [0.15, 0.2) is 59.9 Å². The third kappa shape index (κ3) is 4.93. The number of anilines is 1. The van der Waals surface area contributed by atoms with Crippen LogP contribution in [0.1, 0.15) is 27.2 Å². The monoisotopic (exact) mass is 427 g/mol. The van der Waals surface area contributed by atoms with Crippen LogP contribution >= 0.6 is 0 Å². The van der Waals surface area contributed by atoms with E-state index in [0.29, 0.717) is 22.7 Å². The van der Waals surface area contributed by atoms with Gasteiger partial charge < -0.3 is 9.47 Å². The second-order valence-corrected chi connectivity index (χ2v) is 8.23. The fourth-order valence-corrected chi connectivity index (χ4v) is 3.62. The van der Waals surface area contributed by atoms with Crippen molar-refractivity contribution in [3.8, 4) is 5.75 Å². The van der Waals surface area contributed by atoms with E-state index in [9.17, 15) is 13.2 Å². The number of carbonyl (C=O) groups is 1. The van der Waals surface area contributed by atoms with Crippen molar-refractivity contribution >= 4 is 21.7 Å². The summed E-state index contributed by atoms with van der Waals surface area (Å²) in [5.41, 5.74) is 3.07. The molecule has 1 aromatic carbocycles. The Balaban J connectivity index is 1.83. The SMILES string of the molecule is COC(=O)c1ccc(COc2cc(C)c(C)cc2NS(=O)(=O)c2cccnc2)nc1. The fraction of sp³-hybridized carbons (Fsp3) is 0.190. The molecule has 0 fully saturated rings. The Labute approximate surface area is 175 Å². The first-order valence-electron chi connectivity index (χ1n) is 9.00. The van der Waals surface area contributed by atoms with Crippen molar-refractivity contribution in [3.63, 3.8) is 0 Å². The van der Waals surface area contributed by atoms with Gasteiger partial charge in [-0.3, -0.25) is 14.7 Å². The summed E-state index contributed by atoms with van der Waals surface area (Å²) in [6, 6.07) is 9.72. The van der Waals surface area contributed by atoms with Crippen molar-refractivity contribution in [1.29, 1.82) is 0 Å². The summed E-state index contributed by atoms with van der Waals surface area (Å²) >= 11 is 0. The summed E-state index contributed by atoms with van der Waals surface area (Å²) in [5, 5.41) is 0. The van der Waals surface area contributed by atoms with Crippen LogP contribution in [0, 0.1) is 13.8 Å². The highest BCUT2D eigenvalue weighted by atomic mass is 32.2. The molecule has 0 unspecified atom stereocenters. The topological polar surface area (TPSA) is 107 Å². The molecule has 0 radical (unpaired) electrons. The highest BCUT2D eigenvalue weighted by molar-refractivity contribution is 7.92. The van der Waals surface area contributed by atoms with E-state index in [1.165, 1.54) is 31.8 Å². The molecule has 0 spiro atoms. The first-order chi connectivity index (χ1) is 14.3. The van der Waals surface area contributed by atoms with E-state index >= 15 is 0 Å². The number of rotatable bonds is 7. The number of esters is 1. The summed E-state index contributed by atoms with van der Waals surface area (Å²) in [4.78, 5) is 19.6. The quantitative estimate of drug-likeness (QED) is 0.577. The molecule has 30 heavy (non-hydrogen) atoms. The standard InChI is InChI=1S/C21H21N3O5S/c1-14-9-19(24-30(26,27)18-5-4-8-22-12-18)20(10-15(14)2)29-13-17-7-6-16(11-23-17)21(25)28-3/h4-12,24H,13H2,1-3H3. The van der Waals surface area contributed by atoms with Gasteiger partial charge in [0.05, 0.1) is 24.1 Å². The number of sulfonamides is 1. The Kier molecular flexibility index (Phi) is 6.31. The molecule has 0 aliphatic heterocycles. The maximum atomic E-state index is 12.7. The van der Waals surface area contributed by atoms with E-state index in [-0.39, 0.29) is 11.5 Å². The van der Waals surface area contributed by atoms with E-state index in [4.69, 9.17) is 4.74 Å². The molecule has 0 bridgehead atoms. The van der Waals surface area contributed by atoms with Gasteiger partial charge in [-0.05, 0) is 61.4 Å². The molecule has 8 nitrogen and oxygen atoms in total. The van der Waals surface area contributed by atoms with Gasteiger partial charge in [0.2, 0.25) is 0 Å². The van der Waals surface area contributed by atoms with Crippen molar-refractivity contribution in [2.75, 3.05) is 11.8 Å². The number of nitrogens with zero attached hydrogens (tertiary/aromatic N) is 2. The largest absolute Gasteiger partial charge is 0.485 e. The zero-order valence-electron chi connectivity index (χ0n) is 16.7. The van der Waals surface area contributed by atoms with Crippen LogP contribution in [0.5, 0.6) is 5.75 Å². The lowest BCUT2D eigenvalue weighted by molar-refractivity contribution is 0.0600. The molecule has 0 aliphatic rings. The Hall–Kier alpha value is -3.46. The molecule has 156 valence electrons. The molecule has 0 aliphatic carbocycles. The number of hydrogen-bond donors (Lipinski definition) is 1. The van der Waals surface area contributed by atoms with E-state index in [1.54, 1.807) is 30.3 Å². The van der Waals surface area contributed by atoms with E-state index in [0.717, 1.165) is 11.1 Å². The van der Waals surface area contributed by atoms with Crippen LogP contribution in [0.25, 0.3) is 0 Å². The summed E-state index contributed by atoms with van der Waals surface area (Å²) in [5.74, 6) is -0.111. The zero-order valence-corrected chi connectivity index (χ0v) is 17.6. The number of nitrogens with one attached hydrogen (secondary N) is 1. The first-order valence-corrected chi connectivity index (χ1v) is 10.5. The van der Waals surface area contributed by atoms with E-state index < -0.39 is 16.0 Å². The summed E-state index contributed by atoms with van der Waals surface area (Å²) in [6.07, 6.45) is 4.18. The van der Waals surface area contributed by atoms with Gasteiger partial charge in [-0.25, -0.2) is 13.2 Å². The number of benzene rings is 1. The number of pyridine rings is 2. The van der Waals surface area contributed by atoms with Crippen LogP contribution < -0.4 is 9.46 Å². The molecule has 1 N–H and O–H groups in total. The Morgan fingerprint density at radius 1 is 1.10 bits per heavy atom. The predicted octanol–water partition coefficient (Wildman–Crippen LogP) is 3.26. The average molecular weight is 427 g/mol. The zero-order chi connectivity index (χ0) is 21.7. The Morgan fingerprint density at radius 2 is 1.87 bits per heavy atom. The van der Waals surface area contributed by atoms with Gasteiger partial charge in [0.15, 0.2) is 0 Å². The fourth-order valence-electron chi connectivity index (χ4n) is 2.60. The minimum absolute atomic E-state index is 0.0502. The van der Waals surface area contributed by atoms with Crippen molar-refractivity contribution in [3.05, 3.63) is 77.4 Å². The third-order valence-corrected chi connectivity index (χ3v) is 5.76. The minimum Gasteiger partial charge on any atom is -0.485 e. The molecule has 0 saturated carbocycles. The molecule has 2 aromatic heterocycles.